The standard InChI is InChI=1S/C20H11NO4/c21-10-4-13-17(8-24)15(6-22)11-2-1-3-12-16(7-23)18(9-25)14(5-10)20(13)19(11)12/h1-9H,21H2. The number of nitrogens with two attached hydrogens (primary N) is 1. The molecule has 0 fully saturated rings. The SMILES string of the molecule is Nc1cc2c(C=O)c(C=O)c3cccc4c(C=O)c(C=O)c(c1)c2c34. The van der Waals surface area contributed by atoms with Crippen LogP contribution in [0.2, 0.25) is 0 Å². The maximum atomic E-state index is 11.7. The summed E-state index contributed by atoms with van der Waals surface area (Å²) in [6.07, 6.45) is 2.50. The van der Waals surface area contributed by atoms with Crippen molar-refractivity contribution in [1.29, 1.82) is 0 Å². The first-order chi connectivity index (χ1) is 12.2. The third-order valence-corrected chi connectivity index (χ3v) is 4.69. The van der Waals surface area contributed by atoms with Crippen LogP contribution < -0.4 is 5.73 Å². The molecule has 0 unspecified atom stereocenters. The van der Waals surface area contributed by atoms with Crippen LogP contribution >= 0.6 is 0 Å². The molecule has 0 heterocycles. The summed E-state index contributed by atoms with van der Waals surface area (Å²) in [5, 5.41) is 3.45. The van der Waals surface area contributed by atoms with Crippen LogP contribution in [0.5, 0.6) is 0 Å². The van der Waals surface area contributed by atoms with Gasteiger partial charge in [0.1, 0.15) is 0 Å². The maximum absolute atomic E-state index is 11.7. The van der Waals surface area contributed by atoms with E-state index in [0.717, 1.165) is 0 Å². The molecule has 0 atom stereocenters. The lowest BCUT2D eigenvalue weighted by Gasteiger charge is -2.18. The molecule has 0 aliphatic rings. The number of benzene rings is 4. The number of hydrogen-bond donors (Lipinski definition) is 1. The van der Waals surface area contributed by atoms with Crippen LogP contribution in [-0.2, 0) is 0 Å². The molecule has 0 saturated carbocycles. The van der Waals surface area contributed by atoms with Crippen molar-refractivity contribution in [3.8, 4) is 0 Å². The number of hydrogen-bond acceptors (Lipinski definition) is 5. The zero-order valence-electron chi connectivity index (χ0n) is 12.9. The summed E-state index contributed by atoms with van der Waals surface area (Å²) in [5.41, 5.74) is 7.23. The third-order valence-electron chi connectivity index (χ3n) is 4.69. The van der Waals surface area contributed by atoms with Crippen molar-refractivity contribution in [2.75, 3.05) is 5.73 Å². The molecule has 120 valence electrons. The van der Waals surface area contributed by atoms with Gasteiger partial charge in [-0.3, -0.25) is 19.2 Å². The second-order valence-electron chi connectivity index (χ2n) is 5.85. The van der Waals surface area contributed by atoms with Crippen molar-refractivity contribution in [3.63, 3.8) is 0 Å². The van der Waals surface area contributed by atoms with E-state index in [-0.39, 0.29) is 22.3 Å². The molecule has 0 aromatic heterocycles. The molecule has 0 bridgehead atoms. The molecule has 2 N–H and O–H groups in total. The Kier molecular flexibility index (Phi) is 3.12. The van der Waals surface area contributed by atoms with Gasteiger partial charge in [-0.2, -0.15) is 0 Å². The first-order valence-corrected chi connectivity index (χ1v) is 7.53. The van der Waals surface area contributed by atoms with Gasteiger partial charge in [0.05, 0.1) is 0 Å². The smallest absolute Gasteiger partial charge is 0.151 e. The summed E-state index contributed by atoms with van der Waals surface area (Å²) in [5.74, 6) is 0. The zero-order valence-corrected chi connectivity index (χ0v) is 12.9. The fourth-order valence-corrected chi connectivity index (χ4v) is 3.72. The first-order valence-electron chi connectivity index (χ1n) is 7.53. The highest BCUT2D eigenvalue weighted by molar-refractivity contribution is 6.34. The largest absolute Gasteiger partial charge is 0.399 e. The Balaban J connectivity index is 2.54. The molecule has 25 heavy (non-hydrogen) atoms. The molecular formula is C20H11NO4. The summed E-state index contributed by atoms with van der Waals surface area (Å²) in [6, 6.07) is 8.37. The molecular weight excluding hydrogens is 318 g/mol. The second kappa shape index (κ2) is 5.21. The molecule has 0 radical (unpaired) electrons. The van der Waals surface area contributed by atoms with Crippen LogP contribution in [0.1, 0.15) is 41.4 Å². The lowest BCUT2D eigenvalue weighted by Crippen LogP contribution is -2.03. The first kappa shape index (κ1) is 15.0. The lowest BCUT2D eigenvalue weighted by atomic mass is 9.84. The van der Waals surface area contributed by atoms with Gasteiger partial charge >= 0.3 is 0 Å². The van der Waals surface area contributed by atoms with Crippen LogP contribution in [0.15, 0.2) is 30.3 Å². The Morgan fingerprint density at radius 2 is 0.960 bits per heavy atom. The Bertz CT molecular complexity index is 1140. The third kappa shape index (κ3) is 1.77. The second-order valence-corrected chi connectivity index (χ2v) is 5.85. The van der Waals surface area contributed by atoms with E-state index in [1.807, 2.05) is 0 Å². The van der Waals surface area contributed by atoms with Crippen molar-refractivity contribution >= 4 is 63.1 Å². The topological polar surface area (TPSA) is 94.3 Å². The molecule has 4 aromatic carbocycles. The number of carbonyl (C=O) groups is 4. The number of anilines is 1. The fraction of sp³-hybridized carbons (Fsp3) is 0. The molecule has 4 rings (SSSR count). The van der Waals surface area contributed by atoms with Crippen LogP contribution in [-0.4, -0.2) is 25.1 Å². The predicted octanol–water partition coefficient (Wildman–Crippen LogP) is 3.42. The normalized spacial score (nSPS) is 11.2. The molecule has 5 nitrogen and oxygen atoms in total. The average molecular weight is 329 g/mol. The van der Waals surface area contributed by atoms with Crippen molar-refractivity contribution in [3.05, 3.63) is 52.6 Å². The lowest BCUT2D eigenvalue weighted by molar-refractivity contribution is 0.109. The van der Waals surface area contributed by atoms with E-state index in [1.165, 1.54) is 0 Å². The van der Waals surface area contributed by atoms with Crippen LogP contribution in [0, 0.1) is 0 Å². The highest BCUT2D eigenvalue weighted by Gasteiger charge is 2.22. The molecule has 0 spiro atoms. The molecule has 5 heteroatoms. The quantitative estimate of drug-likeness (QED) is 0.352. The van der Waals surface area contributed by atoms with E-state index < -0.39 is 0 Å². The van der Waals surface area contributed by atoms with Gasteiger partial charge in [0, 0.05) is 27.9 Å². The van der Waals surface area contributed by atoms with Gasteiger partial charge in [-0.1, -0.05) is 18.2 Å². The van der Waals surface area contributed by atoms with Gasteiger partial charge in [0.2, 0.25) is 0 Å². The van der Waals surface area contributed by atoms with Gasteiger partial charge in [0.15, 0.2) is 25.1 Å². The highest BCUT2D eigenvalue weighted by atomic mass is 16.1. The van der Waals surface area contributed by atoms with E-state index in [0.29, 0.717) is 63.1 Å². The summed E-state index contributed by atoms with van der Waals surface area (Å²) in [4.78, 5) is 46.8. The Morgan fingerprint density at radius 3 is 1.36 bits per heavy atom. The number of nitrogen functional groups attached to an aromatic ring is 1. The minimum atomic E-state index is 0.225. The monoisotopic (exact) mass is 329 g/mol. The minimum absolute atomic E-state index is 0.225. The minimum Gasteiger partial charge on any atom is -0.399 e. The van der Waals surface area contributed by atoms with Crippen molar-refractivity contribution in [1.82, 2.24) is 0 Å². The van der Waals surface area contributed by atoms with Crippen molar-refractivity contribution < 1.29 is 19.2 Å². The summed E-state index contributed by atoms with van der Waals surface area (Å²) in [7, 11) is 0. The van der Waals surface area contributed by atoms with E-state index in [1.54, 1.807) is 30.3 Å². The van der Waals surface area contributed by atoms with Gasteiger partial charge in [0.25, 0.3) is 0 Å². The number of rotatable bonds is 4. The molecule has 0 aliphatic heterocycles. The van der Waals surface area contributed by atoms with Crippen molar-refractivity contribution in [2.45, 2.75) is 0 Å². The van der Waals surface area contributed by atoms with E-state index in [4.69, 9.17) is 5.73 Å². The Morgan fingerprint density at radius 1 is 0.600 bits per heavy atom. The number of carbonyl (C=O) groups excluding carboxylic acids is 4. The van der Waals surface area contributed by atoms with Crippen LogP contribution in [0.3, 0.4) is 0 Å². The van der Waals surface area contributed by atoms with Crippen molar-refractivity contribution in [2.24, 2.45) is 0 Å². The van der Waals surface area contributed by atoms with Gasteiger partial charge in [-0.25, -0.2) is 0 Å². The average Bonchev–Trinajstić information content (AvgIpc) is 2.63. The number of aldehydes is 4. The van der Waals surface area contributed by atoms with Gasteiger partial charge in [-0.15, -0.1) is 0 Å². The summed E-state index contributed by atoms with van der Waals surface area (Å²) >= 11 is 0. The Hall–Kier alpha value is -3.60. The summed E-state index contributed by atoms with van der Waals surface area (Å²) < 4.78 is 0. The zero-order chi connectivity index (χ0) is 17.7. The van der Waals surface area contributed by atoms with E-state index in [2.05, 4.69) is 0 Å². The Labute approximate surface area is 141 Å². The van der Waals surface area contributed by atoms with E-state index in [9.17, 15) is 19.2 Å². The van der Waals surface area contributed by atoms with Gasteiger partial charge in [-0.05, 0) is 44.5 Å². The summed E-state index contributed by atoms with van der Waals surface area (Å²) in [6.45, 7) is 0. The maximum Gasteiger partial charge on any atom is 0.151 e. The van der Waals surface area contributed by atoms with Gasteiger partial charge < -0.3 is 5.73 Å². The van der Waals surface area contributed by atoms with Crippen LogP contribution in [0.25, 0.3) is 32.3 Å². The molecule has 0 saturated heterocycles. The predicted molar refractivity (Wildman–Crippen MR) is 96.1 cm³/mol. The fourth-order valence-electron chi connectivity index (χ4n) is 3.72. The molecule has 0 aliphatic carbocycles. The molecule has 0 amide bonds. The highest BCUT2D eigenvalue weighted by Crippen LogP contribution is 2.42. The van der Waals surface area contributed by atoms with E-state index >= 15 is 0 Å². The molecule has 4 aromatic rings. The van der Waals surface area contributed by atoms with Crippen LogP contribution in [0.4, 0.5) is 5.69 Å².